The molecule has 0 aliphatic rings. The fourth-order valence-electron chi connectivity index (χ4n) is 2.38. The van der Waals surface area contributed by atoms with Gasteiger partial charge in [0.25, 0.3) is 0 Å². The summed E-state index contributed by atoms with van der Waals surface area (Å²) in [6, 6.07) is 15.0. The smallest absolute Gasteiger partial charge is 0.414 e. The summed E-state index contributed by atoms with van der Waals surface area (Å²) in [5, 5.41) is 19.5. The van der Waals surface area contributed by atoms with Crippen LogP contribution in [0.25, 0.3) is 10.9 Å². The number of carboxylic acids is 2. The minimum absolute atomic E-state index is 0.180. The van der Waals surface area contributed by atoms with Gasteiger partial charge in [-0.25, -0.2) is 14.0 Å². The zero-order valence-corrected chi connectivity index (χ0v) is 13.9. The van der Waals surface area contributed by atoms with Gasteiger partial charge in [0.15, 0.2) is 0 Å². The maximum Gasteiger partial charge on any atom is 0.414 e. The van der Waals surface area contributed by atoms with Crippen LogP contribution in [0.1, 0.15) is 11.1 Å². The number of halogens is 1. The number of rotatable bonds is 5. The molecule has 4 N–H and O–H groups in total. The first-order chi connectivity index (χ1) is 12.5. The van der Waals surface area contributed by atoms with Gasteiger partial charge in [-0.3, -0.25) is 0 Å². The van der Waals surface area contributed by atoms with E-state index in [1.807, 2.05) is 18.2 Å². The van der Waals surface area contributed by atoms with Gasteiger partial charge in [0.2, 0.25) is 0 Å². The molecule has 0 atom stereocenters. The van der Waals surface area contributed by atoms with Gasteiger partial charge in [0, 0.05) is 23.6 Å². The molecule has 0 unspecified atom stereocenters. The van der Waals surface area contributed by atoms with E-state index in [0.717, 1.165) is 25.1 Å². The van der Waals surface area contributed by atoms with Crippen molar-refractivity contribution in [1.29, 1.82) is 0 Å². The quantitative estimate of drug-likeness (QED) is 0.415. The molecule has 3 aromatic rings. The highest BCUT2D eigenvalue weighted by atomic mass is 19.1. The first-order valence-electron chi connectivity index (χ1n) is 7.93. The van der Waals surface area contributed by atoms with Crippen LogP contribution in [0.15, 0.2) is 54.7 Å². The van der Waals surface area contributed by atoms with Crippen molar-refractivity contribution in [1.82, 2.24) is 10.3 Å². The van der Waals surface area contributed by atoms with Crippen LogP contribution in [-0.2, 0) is 22.6 Å². The molecule has 1 heterocycles. The molecule has 0 radical (unpaired) electrons. The number of aliphatic carboxylic acids is 2. The van der Waals surface area contributed by atoms with Crippen LogP contribution in [0.4, 0.5) is 4.39 Å². The van der Waals surface area contributed by atoms with Crippen molar-refractivity contribution in [3.8, 4) is 0 Å². The molecule has 0 aliphatic heterocycles. The second kappa shape index (κ2) is 9.33. The normalized spacial score (nSPS) is 10.2. The average Bonchev–Trinajstić information content (AvgIpc) is 3.04. The summed E-state index contributed by atoms with van der Waals surface area (Å²) < 4.78 is 12.8. The van der Waals surface area contributed by atoms with Crippen LogP contribution in [-0.4, -0.2) is 33.7 Å². The Morgan fingerprint density at radius 3 is 2.31 bits per heavy atom. The molecule has 26 heavy (non-hydrogen) atoms. The van der Waals surface area contributed by atoms with Gasteiger partial charge in [0.05, 0.1) is 0 Å². The summed E-state index contributed by atoms with van der Waals surface area (Å²) in [5.74, 6) is -3.83. The van der Waals surface area contributed by atoms with Crippen LogP contribution in [0, 0.1) is 5.82 Å². The second-order valence-electron chi connectivity index (χ2n) is 5.52. The van der Waals surface area contributed by atoms with Gasteiger partial charge in [0.1, 0.15) is 5.82 Å². The highest BCUT2D eigenvalue weighted by Gasteiger charge is 2.04. The lowest BCUT2D eigenvalue weighted by atomic mass is 10.1. The van der Waals surface area contributed by atoms with E-state index in [1.54, 1.807) is 0 Å². The third-order valence-corrected chi connectivity index (χ3v) is 3.68. The van der Waals surface area contributed by atoms with Crippen molar-refractivity contribution < 1.29 is 24.2 Å². The van der Waals surface area contributed by atoms with Crippen molar-refractivity contribution in [3.63, 3.8) is 0 Å². The summed E-state index contributed by atoms with van der Waals surface area (Å²) in [6.07, 6.45) is 2.96. The molecule has 3 rings (SSSR count). The lowest BCUT2D eigenvalue weighted by molar-refractivity contribution is -0.159. The van der Waals surface area contributed by atoms with Crippen molar-refractivity contribution in [2.45, 2.75) is 13.0 Å². The predicted octanol–water partition coefficient (Wildman–Crippen LogP) is 2.79. The number of fused-ring (bicyclic) bond motifs is 1. The van der Waals surface area contributed by atoms with E-state index < -0.39 is 11.9 Å². The molecule has 0 saturated heterocycles. The van der Waals surface area contributed by atoms with Crippen molar-refractivity contribution in [2.24, 2.45) is 0 Å². The number of benzene rings is 2. The standard InChI is InChI=1S/C17H17FN2.C2H2O4/c18-15-7-5-13(6-8-15)9-10-19-11-14-12-20-17-4-2-1-3-16(14)17;3-1(4)2(5)6/h1-8,12,19-20H,9-11H2;(H,3,4)(H,5,6). The average molecular weight is 358 g/mol. The van der Waals surface area contributed by atoms with E-state index in [9.17, 15) is 4.39 Å². The Bertz CT molecular complexity index is 863. The van der Waals surface area contributed by atoms with Gasteiger partial charge in [-0.2, -0.15) is 0 Å². The third-order valence-electron chi connectivity index (χ3n) is 3.68. The molecule has 0 fully saturated rings. The highest BCUT2D eigenvalue weighted by Crippen LogP contribution is 2.17. The van der Waals surface area contributed by atoms with Crippen LogP contribution in [0.5, 0.6) is 0 Å². The number of aromatic nitrogens is 1. The summed E-state index contributed by atoms with van der Waals surface area (Å²) in [4.78, 5) is 21.5. The Hall–Kier alpha value is -3.19. The van der Waals surface area contributed by atoms with E-state index in [1.165, 1.54) is 28.6 Å². The SMILES string of the molecule is Fc1ccc(CCNCc2c[nH]c3ccccc23)cc1.O=C(O)C(=O)O. The Balaban J connectivity index is 0.000000352. The molecular formula is C19H19FN2O4. The fourth-order valence-corrected chi connectivity index (χ4v) is 2.38. The summed E-state index contributed by atoms with van der Waals surface area (Å²) in [7, 11) is 0. The van der Waals surface area contributed by atoms with E-state index >= 15 is 0 Å². The molecule has 7 heteroatoms. The Morgan fingerprint density at radius 1 is 1.00 bits per heavy atom. The van der Waals surface area contributed by atoms with Crippen molar-refractivity contribution >= 4 is 22.8 Å². The Morgan fingerprint density at radius 2 is 1.65 bits per heavy atom. The molecule has 0 amide bonds. The predicted molar refractivity (Wildman–Crippen MR) is 95.4 cm³/mol. The molecular weight excluding hydrogens is 339 g/mol. The van der Waals surface area contributed by atoms with Gasteiger partial charge in [-0.1, -0.05) is 30.3 Å². The van der Waals surface area contributed by atoms with Crippen LogP contribution >= 0.6 is 0 Å². The highest BCUT2D eigenvalue weighted by molar-refractivity contribution is 6.27. The number of para-hydroxylation sites is 1. The molecule has 1 aromatic heterocycles. The Kier molecular flexibility index (Phi) is 6.87. The van der Waals surface area contributed by atoms with Crippen molar-refractivity contribution in [3.05, 3.63) is 71.7 Å². The van der Waals surface area contributed by atoms with Gasteiger partial charge in [-0.15, -0.1) is 0 Å². The van der Waals surface area contributed by atoms with E-state index in [0.29, 0.717) is 0 Å². The van der Waals surface area contributed by atoms with E-state index in [4.69, 9.17) is 19.8 Å². The molecule has 0 saturated carbocycles. The van der Waals surface area contributed by atoms with Gasteiger partial charge >= 0.3 is 11.9 Å². The molecule has 0 bridgehead atoms. The molecule has 0 aliphatic carbocycles. The number of aromatic amines is 1. The van der Waals surface area contributed by atoms with Crippen LogP contribution < -0.4 is 5.32 Å². The largest absolute Gasteiger partial charge is 0.473 e. The van der Waals surface area contributed by atoms with E-state index in [2.05, 4.69) is 34.7 Å². The number of nitrogens with one attached hydrogen (secondary N) is 2. The molecule has 6 nitrogen and oxygen atoms in total. The topological polar surface area (TPSA) is 102 Å². The number of carboxylic acid groups (broad SMARTS) is 2. The molecule has 2 aromatic carbocycles. The summed E-state index contributed by atoms with van der Waals surface area (Å²) in [5.41, 5.74) is 3.60. The third kappa shape index (κ3) is 5.71. The lowest BCUT2D eigenvalue weighted by Crippen LogP contribution is -2.16. The zero-order valence-electron chi connectivity index (χ0n) is 13.9. The number of H-pyrrole nitrogens is 1. The van der Waals surface area contributed by atoms with Crippen molar-refractivity contribution in [2.75, 3.05) is 6.54 Å². The molecule has 136 valence electrons. The summed E-state index contributed by atoms with van der Waals surface area (Å²) in [6.45, 7) is 1.72. The fraction of sp³-hybridized carbons (Fsp3) is 0.158. The zero-order chi connectivity index (χ0) is 18.9. The maximum atomic E-state index is 12.8. The number of hydrogen-bond acceptors (Lipinski definition) is 3. The minimum atomic E-state index is -1.82. The second-order valence-corrected chi connectivity index (χ2v) is 5.52. The van der Waals surface area contributed by atoms with Crippen LogP contribution in [0.2, 0.25) is 0 Å². The first-order valence-corrected chi connectivity index (χ1v) is 7.93. The Labute approximate surface area is 149 Å². The van der Waals surface area contributed by atoms with Crippen LogP contribution in [0.3, 0.4) is 0 Å². The van der Waals surface area contributed by atoms with Gasteiger partial charge in [-0.05, 0) is 42.3 Å². The summed E-state index contributed by atoms with van der Waals surface area (Å²) >= 11 is 0. The maximum absolute atomic E-state index is 12.8. The first kappa shape index (κ1) is 19.1. The number of hydrogen-bond donors (Lipinski definition) is 4. The molecule has 0 spiro atoms. The lowest BCUT2D eigenvalue weighted by Gasteiger charge is -2.04. The minimum Gasteiger partial charge on any atom is -0.473 e. The van der Waals surface area contributed by atoms with E-state index in [-0.39, 0.29) is 5.82 Å². The monoisotopic (exact) mass is 358 g/mol. The van der Waals surface area contributed by atoms with Gasteiger partial charge < -0.3 is 20.5 Å². The number of carbonyl (C=O) groups is 2.